The first-order valence-corrected chi connectivity index (χ1v) is 6.40. The van der Waals surface area contributed by atoms with Gasteiger partial charge in [0, 0.05) is 10.5 Å². The van der Waals surface area contributed by atoms with Crippen molar-refractivity contribution in [3.63, 3.8) is 0 Å². The molecule has 0 rings (SSSR count). The maximum Gasteiger partial charge on any atom is 0.333 e. The van der Waals surface area contributed by atoms with Gasteiger partial charge in [-0.05, 0) is 54.0 Å². The Morgan fingerprint density at radius 1 is 1.10 bits per heavy atom. The highest BCUT2D eigenvalue weighted by Crippen LogP contribution is 2.09. The minimum Gasteiger partial charge on any atom is -0.460 e. The second-order valence-electron chi connectivity index (χ2n) is 6.26. The quantitative estimate of drug-likeness (QED) is 0.261. The van der Waals surface area contributed by atoms with Crippen molar-refractivity contribution < 1.29 is 19.1 Å². The molecule has 0 aromatic carbocycles. The minimum absolute atomic E-state index is 0.242. The molecule has 0 aromatic rings. The monoisotopic (exact) mass is 299 g/mol. The van der Waals surface area contributed by atoms with Gasteiger partial charge in [-0.15, -0.1) is 0 Å². The summed E-state index contributed by atoms with van der Waals surface area (Å²) in [6.45, 7) is 15.6. The molecule has 0 fully saturated rings. The summed E-state index contributed by atoms with van der Waals surface area (Å²) in [5.74, 6) is -0.831. The second-order valence-corrected chi connectivity index (χ2v) is 6.26. The van der Waals surface area contributed by atoms with E-state index >= 15 is 0 Å². The van der Waals surface area contributed by atoms with Crippen molar-refractivity contribution in [2.45, 2.75) is 59.7 Å². The summed E-state index contributed by atoms with van der Waals surface area (Å²) in [5, 5.41) is 3.06. The first kappa shape index (κ1) is 21.3. The van der Waals surface area contributed by atoms with Gasteiger partial charge in [-0.3, -0.25) is 4.79 Å². The van der Waals surface area contributed by atoms with Gasteiger partial charge in [0.15, 0.2) is 0 Å². The molecule has 0 aromatic heterocycles. The smallest absolute Gasteiger partial charge is 0.333 e. The number of hydrogen-bond acceptors (Lipinski definition) is 5. The molecule has 0 amide bonds. The summed E-state index contributed by atoms with van der Waals surface area (Å²) in [6.07, 6.45) is 0. The fourth-order valence-corrected chi connectivity index (χ4v) is 0.828. The van der Waals surface area contributed by atoms with Crippen LogP contribution in [-0.2, 0) is 19.1 Å². The van der Waals surface area contributed by atoms with Gasteiger partial charge in [0.1, 0.15) is 17.7 Å². The van der Waals surface area contributed by atoms with E-state index in [9.17, 15) is 9.59 Å². The zero-order chi connectivity index (χ0) is 17.3. The van der Waals surface area contributed by atoms with E-state index in [1.165, 1.54) is 0 Å². The first-order chi connectivity index (χ1) is 9.28. The first-order valence-electron chi connectivity index (χ1n) is 6.40. The molecule has 21 heavy (non-hydrogen) atoms. The van der Waals surface area contributed by atoms with Crippen LogP contribution in [0.1, 0.15) is 48.5 Å². The molecular weight excluding hydrogens is 274 g/mol. The number of ether oxygens (including phenoxy) is 2. The second kappa shape index (κ2) is 9.02. The third-order valence-corrected chi connectivity index (χ3v) is 1.43. The molecule has 0 heterocycles. The number of hydrogen-bond donors (Lipinski definition) is 0. The molecule has 0 N–H and O–H groups in total. The van der Waals surface area contributed by atoms with E-state index in [4.69, 9.17) is 15.0 Å². The predicted molar refractivity (Wildman–Crippen MR) is 80.5 cm³/mol. The van der Waals surface area contributed by atoms with E-state index in [2.05, 4.69) is 16.6 Å². The van der Waals surface area contributed by atoms with Gasteiger partial charge in [0.25, 0.3) is 0 Å². The van der Waals surface area contributed by atoms with E-state index < -0.39 is 17.2 Å². The molecular formula is C14H25N3O4. The third-order valence-electron chi connectivity index (χ3n) is 1.43. The number of carbonyl (C=O) groups is 2. The predicted octanol–water partition coefficient (Wildman–Crippen LogP) is 3.54. The van der Waals surface area contributed by atoms with E-state index in [1.54, 1.807) is 27.7 Å². The largest absolute Gasteiger partial charge is 0.460 e. The lowest BCUT2D eigenvalue weighted by Gasteiger charge is -2.19. The van der Waals surface area contributed by atoms with Gasteiger partial charge in [-0.25, -0.2) is 4.79 Å². The van der Waals surface area contributed by atoms with Crippen LogP contribution < -0.4 is 0 Å². The van der Waals surface area contributed by atoms with Gasteiger partial charge in [-0.1, -0.05) is 11.7 Å². The van der Waals surface area contributed by atoms with Crippen molar-refractivity contribution >= 4 is 11.9 Å². The zero-order valence-electron chi connectivity index (χ0n) is 13.9. The molecule has 0 saturated heterocycles. The Labute approximate surface area is 125 Å². The fourth-order valence-electron chi connectivity index (χ4n) is 0.828. The molecule has 7 nitrogen and oxygen atoms in total. The number of nitrogens with zero attached hydrogens (tertiary/aromatic N) is 3. The lowest BCUT2D eigenvalue weighted by atomic mass is 10.2. The highest BCUT2D eigenvalue weighted by Gasteiger charge is 2.16. The normalized spacial score (nSPS) is 10.4. The highest BCUT2D eigenvalue weighted by atomic mass is 16.6. The van der Waals surface area contributed by atoms with Gasteiger partial charge in [0.2, 0.25) is 0 Å². The van der Waals surface area contributed by atoms with Crippen molar-refractivity contribution in [2.75, 3.05) is 6.54 Å². The molecule has 0 saturated carbocycles. The van der Waals surface area contributed by atoms with Gasteiger partial charge in [-0.2, -0.15) is 0 Å². The Bertz CT molecular complexity index is 424. The van der Waals surface area contributed by atoms with E-state index in [-0.39, 0.29) is 12.5 Å². The fraction of sp³-hybridized carbons (Fsp3) is 0.714. The Balaban J connectivity index is 0. The molecule has 0 bridgehead atoms. The average molecular weight is 299 g/mol. The molecule has 0 spiro atoms. The van der Waals surface area contributed by atoms with Gasteiger partial charge in [0.05, 0.1) is 0 Å². The van der Waals surface area contributed by atoms with Gasteiger partial charge >= 0.3 is 11.9 Å². The van der Waals surface area contributed by atoms with E-state index in [1.807, 2.05) is 20.8 Å². The van der Waals surface area contributed by atoms with Crippen molar-refractivity contribution in [1.82, 2.24) is 0 Å². The molecule has 0 aliphatic heterocycles. The van der Waals surface area contributed by atoms with E-state index in [0.29, 0.717) is 5.57 Å². The average Bonchev–Trinajstić information content (AvgIpc) is 2.22. The van der Waals surface area contributed by atoms with Crippen molar-refractivity contribution in [3.05, 3.63) is 22.6 Å². The van der Waals surface area contributed by atoms with Crippen LogP contribution in [0, 0.1) is 0 Å². The standard InChI is InChI=1S/C8H14O2.C6H11N3O2/c1-6(2)7(9)10-8(3,4)5;1-6(2,3)11-5(10)4-8-9-7/h1H2,2-5H3;4H2,1-3H3. The highest BCUT2D eigenvalue weighted by molar-refractivity contribution is 5.87. The molecule has 0 atom stereocenters. The molecule has 0 unspecified atom stereocenters. The summed E-state index contributed by atoms with van der Waals surface area (Å²) in [4.78, 5) is 24.0. The van der Waals surface area contributed by atoms with E-state index in [0.717, 1.165) is 0 Å². The topological polar surface area (TPSA) is 101 Å². The Kier molecular flexibility index (Phi) is 9.15. The van der Waals surface area contributed by atoms with Crippen LogP contribution in [0.3, 0.4) is 0 Å². The van der Waals surface area contributed by atoms with Crippen LogP contribution in [-0.4, -0.2) is 29.7 Å². The zero-order valence-corrected chi connectivity index (χ0v) is 13.9. The maximum atomic E-state index is 10.8. The molecule has 120 valence electrons. The molecule has 0 radical (unpaired) electrons. The minimum atomic E-state index is -0.512. The Morgan fingerprint density at radius 2 is 1.52 bits per heavy atom. The van der Waals surface area contributed by atoms with Crippen molar-refractivity contribution in [3.8, 4) is 0 Å². The van der Waals surface area contributed by atoms with Crippen LogP contribution in [0.2, 0.25) is 0 Å². The third kappa shape index (κ3) is 18.0. The maximum absolute atomic E-state index is 10.8. The van der Waals surface area contributed by atoms with Crippen molar-refractivity contribution in [2.24, 2.45) is 5.11 Å². The van der Waals surface area contributed by atoms with Crippen LogP contribution in [0.4, 0.5) is 0 Å². The summed E-state index contributed by atoms with van der Waals surface area (Å²) in [7, 11) is 0. The Hall–Kier alpha value is -2.01. The van der Waals surface area contributed by atoms with Crippen LogP contribution in [0.5, 0.6) is 0 Å². The van der Waals surface area contributed by atoms with Crippen LogP contribution in [0.15, 0.2) is 17.3 Å². The summed E-state index contributed by atoms with van der Waals surface area (Å²) < 4.78 is 9.80. The number of esters is 2. The molecule has 0 aliphatic rings. The van der Waals surface area contributed by atoms with Crippen molar-refractivity contribution in [1.29, 1.82) is 0 Å². The SMILES string of the molecule is C=C(C)C(=O)OC(C)(C)C.CC(C)(C)OC(=O)CN=[N+]=[N-]. The molecule has 7 heteroatoms. The number of rotatable bonds is 3. The summed E-state index contributed by atoms with van der Waals surface area (Å²) in [5.41, 5.74) is 7.39. The molecule has 0 aliphatic carbocycles. The Morgan fingerprint density at radius 3 is 1.76 bits per heavy atom. The summed E-state index contributed by atoms with van der Waals surface area (Å²) >= 11 is 0. The lowest BCUT2D eigenvalue weighted by molar-refractivity contribution is -0.153. The van der Waals surface area contributed by atoms with Gasteiger partial charge < -0.3 is 9.47 Å². The summed E-state index contributed by atoms with van der Waals surface area (Å²) in [6, 6.07) is 0. The number of azide groups is 1. The van der Waals surface area contributed by atoms with Crippen LogP contribution in [0.25, 0.3) is 10.4 Å². The number of carbonyl (C=O) groups excluding carboxylic acids is 2. The van der Waals surface area contributed by atoms with Crippen LogP contribution >= 0.6 is 0 Å². The lowest BCUT2D eigenvalue weighted by Crippen LogP contribution is -2.25.